The van der Waals surface area contributed by atoms with Crippen LogP contribution in [-0.4, -0.2) is 128 Å². The number of esters is 4. The number of ketones is 2. The molecule has 4 aliphatic heterocycles. The Bertz CT molecular complexity index is 2300. The van der Waals surface area contributed by atoms with Crippen LogP contribution < -0.4 is 0 Å². The van der Waals surface area contributed by atoms with E-state index in [2.05, 4.69) is 9.97 Å². The first kappa shape index (κ1) is 63.7. The van der Waals surface area contributed by atoms with Crippen molar-refractivity contribution in [1.82, 2.24) is 9.97 Å². The van der Waals surface area contributed by atoms with Gasteiger partial charge in [0.1, 0.15) is 36.0 Å². The molecule has 6 rings (SSSR count). The number of carbonyl (C=O) groups is 6. The zero-order valence-corrected chi connectivity index (χ0v) is 50.9. The zero-order valence-electron chi connectivity index (χ0n) is 47.6. The predicted molar refractivity (Wildman–Crippen MR) is 304 cm³/mol. The molecule has 0 aliphatic carbocycles. The summed E-state index contributed by atoms with van der Waals surface area (Å²) in [6, 6.07) is 0. The van der Waals surface area contributed by atoms with Gasteiger partial charge in [-0.2, -0.15) is 0 Å². The van der Waals surface area contributed by atoms with E-state index in [1.807, 2.05) is 64.5 Å². The second-order valence-electron chi connectivity index (χ2n) is 23.3. The molecule has 20 heteroatoms. The Morgan fingerprint density at radius 3 is 1.36 bits per heavy atom. The van der Waals surface area contributed by atoms with Gasteiger partial charge in [-0.15, -0.1) is 22.7 Å². The number of nitrogens with zero attached hydrogens (tertiary/aromatic N) is 2. The van der Waals surface area contributed by atoms with Gasteiger partial charge in [-0.25, -0.2) is 9.97 Å². The molecule has 2 aromatic rings. The maximum absolute atomic E-state index is 14.2. The van der Waals surface area contributed by atoms with Gasteiger partial charge in [0.2, 0.25) is 0 Å². The zero-order chi connectivity index (χ0) is 57.2. The topological polar surface area (TPSA) is 231 Å². The lowest BCUT2D eigenvalue weighted by atomic mass is 9.73. The first-order valence-electron chi connectivity index (χ1n) is 27.7. The van der Waals surface area contributed by atoms with E-state index < -0.39 is 96.0 Å². The molecule has 434 valence electrons. The van der Waals surface area contributed by atoms with Crippen LogP contribution in [0.15, 0.2) is 21.9 Å². The number of rotatable bonds is 13. The van der Waals surface area contributed by atoms with E-state index in [-0.39, 0.29) is 60.7 Å². The Morgan fingerprint density at radius 2 is 1.01 bits per heavy atom. The molecule has 14 atom stereocenters. The Balaban J connectivity index is 0.994. The van der Waals surface area contributed by atoms with Crippen molar-refractivity contribution in [1.29, 1.82) is 0 Å². The fraction of sp³-hybridized carbons (Fsp3) is 0.724. The van der Waals surface area contributed by atoms with Crippen LogP contribution in [0.3, 0.4) is 0 Å². The number of aliphatic hydroxyl groups excluding tert-OH is 2. The number of aromatic nitrogens is 2. The van der Waals surface area contributed by atoms with Gasteiger partial charge in [0.15, 0.2) is 0 Å². The first-order chi connectivity index (χ1) is 36.7. The number of hydrogen-bond donors (Lipinski definition) is 2. The molecule has 2 aromatic heterocycles. The van der Waals surface area contributed by atoms with Crippen molar-refractivity contribution in [3.05, 3.63) is 43.3 Å². The summed E-state index contributed by atoms with van der Waals surface area (Å²) in [6.45, 7) is 21.4. The Hall–Kier alpha value is -3.50. The van der Waals surface area contributed by atoms with Gasteiger partial charge >= 0.3 is 23.9 Å². The van der Waals surface area contributed by atoms with E-state index in [1.54, 1.807) is 41.5 Å². The minimum atomic E-state index is -1.37. The molecule has 0 saturated carbocycles. The van der Waals surface area contributed by atoms with E-state index in [1.165, 1.54) is 44.3 Å². The number of thiazole rings is 2. The number of aryl methyl sites for hydroxylation is 2. The highest BCUT2D eigenvalue weighted by Gasteiger charge is 2.48. The number of Topliss-reactive ketones (excluding diaryl/α,β-unsaturated/α-hetero) is 2. The summed E-state index contributed by atoms with van der Waals surface area (Å²) < 4.78 is 36.3. The highest BCUT2D eigenvalue weighted by molar-refractivity contribution is 8.76. The minimum absolute atomic E-state index is 0.0203. The SMILES string of the molecule is C/C(=C\c1csc(C)n1)[C@@H]1C[C@@H]2OC2CCC[C@H](C)[C@H](OC(=O)CCSSCCC(=O)O[C@H]2[C@@H](C)CCCC3O[C@H]3C[C@@H](/C(C)=C/c3csc(C)n3)OC(=O)C[C@H](O)C(C)(C)C(=O)[C@@H]2C)[C@@H](C)C(=O)C(C)(C)[C@@H](O)CC(=O)O1. The molecule has 4 saturated heterocycles. The smallest absolute Gasteiger partial charge is 0.309 e. The van der Waals surface area contributed by atoms with Gasteiger partial charge < -0.3 is 38.6 Å². The van der Waals surface area contributed by atoms with E-state index in [0.29, 0.717) is 37.2 Å². The molecule has 0 radical (unpaired) electrons. The van der Waals surface area contributed by atoms with Crippen molar-refractivity contribution in [3.8, 4) is 0 Å². The largest absolute Gasteiger partial charge is 0.461 e. The second kappa shape index (κ2) is 28.5. The quantitative estimate of drug-likeness (QED) is 0.0624. The van der Waals surface area contributed by atoms with E-state index in [9.17, 15) is 39.0 Å². The van der Waals surface area contributed by atoms with Gasteiger partial charge in [0.05, 0.1) is 106 Å². The van der Waals surface area contributed by atoms with Crippen LogP contribution in [0.25, 0.3) is 12.2 Å². The third-order valence-corrected chi connectivity index (χ3v) is 20.1. The van der Waals surface area contributed by atoms with E-state index in [0.717, 1.165) is 58.2 Å². The molecule has 4 aliphatic rings. The third-order valence-electron chi connectivity index (χ3n) is 16.1. The van der Waals surface area contributed by atoms with Crippen LogP contribution in [0.1, 0.15) is 168 Å². The normalized spacial score (nSPS) is 32.9. The number of aliphatic hydroxyl groups is 2. The molecule has 2 unspecified atom stereocenters. The number of fused-ring (bicyclic) bond motifs is 2. The molecular weight excluding hydrogens is 1080 g/mol. The summed E-state index contributed by atoms with van der Waals surface area (Å²) >= 11 is 3.06. The number of hydrogen-bond acceptors (Lipinski definition) is 20. The molecule has 16 nitrogen and oxygen atoms in total. The van der Waals surface area contributed by atoms with E-state index in [4.69, 9.17) is 28.4 Å². The average molecular weight is 1160 g/mol. The van der Waals surface area contributed by atoms with Gasteiger partial charge in [-0.05, 0) is 88.5 Å². The second-order valence-corrected chi connectivity index (χ2v) is 28.1. The van der Waals surface area contributed by atoms with Crippen molar-refractivity contribution in [2.45, 2.75) is 221 Å². The van der Waals surface area contributed by atoms with Crippen LogP contribution in [0.2, 0.25) is 0 Å². The molecule has 0 bridgehead atoms. The van der Waals surface area contributed by atoms with Crippen LogP contribution >= 0.6 is 44.3 Å². The molecule has 78 heavy (non-hydrogen) atoms. The standard InChI is InChI=1S/C58H84N2O14S4/c1-31-15-13-17-41-45(69-41)25-43(33(3)23-39-29-75-37(7)59-39)71-51(65)27-47(61)57(9,10)55(67)35(5)53(31)73-49(63)19-21-77-78-22-20-50(64)74-54-32(2)16-14-18-42-46(70-42)26-44(34(4)24-40-30-76-38(8)60-40)72-52(66)28-48(62)58(11,12)56(68)36(54)6/h23-24,29-32,35-36,41-48,53-54,61-62H,13-22,25-28H2,1-12H3/b33-23+,34-24+/t31-,32-,35+,36+,41?,42?,43-,44-,45-,46-,47-,48-,53-,54-/m0/s1. The minimum Gasteiger partial charge on any atom is -0.461 e. The lowest BCUT2D eigenvalue weighted by Gasteiger charge is -2.36. The summed E-state index contributed by atoms with van der Waals surface area (Å²) in [4.78, 5) is 91.4. The van der Waals surface area contributed by atoms with Gasteiger partial charge in [0.25, 0.3) is 0 Å². The fourth-order valence-electron chi connectivity index (χ4n) is 10.8. The summed E-state index contributed by atoms with van der Waals surface area (Å²) in [5.74, 6) is -4.11. The molecule has 2 N–H and O–H groups in total. The number of ether oxygens (including phenoxy) is 6. The lowest BCUT2D eigenvalue weighted by Crippen LogP contribution is -2.47. The maximum atomic E-state index is 14.2. The van der Waals surface area contributed by atoms with Gasteiger partial charge in [-0.1, -0.05) is 89.8 Å². The maximum Gasteiger partial charge on any atom is 0.309 e. The number of cyclic esters (lactones) is 2. The molecule has 0 aromatic carbocycles. The number of epoxide rings is 2. The first-order valence-corrected chi connectivity index (χ1v) is 32.0. The summed E-state index contributed by atoms with van der Waals surface area (Å²) in [7, 11) is 2.81. The van der Waals surface area contributed by atoms with Crippen molar-refractivity contribution >= 4 is 91.9 Å². The van der Waals surface area contributed by atoms with Crippen LogP contribution in [0, 0.1) is 48.3 Å². The molecular formula is C58H84N2O14S4. The van der Waals surface area contributed by atoms with Gasteiger partial charge in [-0.3, -0.25) is 28.8 Å². The monoisotopic (exact) mass is 1160 g/mol. The van der Waals surface area contributed by atoms with Crippen molar-refractivity contribution in [2.24, 2.45) is 34.5 Å². The van der Waals surface area contributed by atoms with Crippen molar-refractivity contribution in [3.63, 3.8) is 0 Å². The Labute approximate surface area is 477 Å². The molecule has 4 fully saturated rings. The summed E-state index contributed by atoms with van der Waals surface area (Å²) in [5, 5.41) is 28.6. The third kappa shape index (κ3) is 18.0. The molecule has 0 spiro atoms. The molecule has 0 amide bonds. The van der Waals surface area contributed by atoms with Crippen molar-refractivity contribution < 1.29 is 67.4 Å². The van der Waals surface area contributed by atoms with Crippen molar-refractivity contribution in [2.75, 3.05) is 11.5 Å². The summed E-state index contributed by atoms with van der Waals surface area (Å²) in [6.07, 6.45) is 2.63. The average Bonchev–Trinajstić information content (AvgIpc) is 4.22. The Morgan fingerprint density at radius 1 is 0.641 bits per heavy atom. The number of carbonyl (C=O) groups excluding carboxylic acids is 6. The van der Waals surface area contributed by atoms with E-state index >= 15 is 0 Å². The predicted octanol–water partition coefficient (Wildman–Crippen LogP) is 10.5. The summed E-state index contributed by atoms with van der Waals surface area (Å²) in [5.41, 5.74) is 0.439. The Kier molecular flexibility index (Phi) is 23.2. The van der Waals surface area contributed by atoms with Gasteiger partial charge in [0, 0.05) is 35.1 Å². The fourth-order valence-corrected chi connectivity index (χ4v) is 13.8. The molecule has 6 heterocycles. The van der Waals surface area contributed by atoms with Crippen LogP contribution in [0.5, 0.6) is 0 Å². The van der Waals surface area contributed by atoms with Crippen LogP contribution in [0.4, 0.5) is 0 Å². The highest BCUT2D eigenvalue weighted by Crippen LogP contribution is 2.40. The lowest BCUT2D eigenvalue weighted by molar-refractivity contribution is -0.163. The van der Waals surface area contributed by atoms with Crippen LogP contribution in [-0.2, 0) is 57.2 Å². The highest BCUT2D eigenvalue weighted by atomic mass is 33.1.